The third-order valence-corrected chi connectivity index (χ3v) is 3.12. The van der Waals surface area contributed by atoms with Crippen LogP contribution in [0, 0.1) is 0 Å². The second-order valence-corrected chi connectivity index (χ2v) is 4.98. The van der Waals surface area contributed by atoms with Crippen LogP contribution in [0.4, 0.5) is 10.5 Å². The number of hydrogen-bond donors (Lipinski definition) is 4. The first-order valence-electron chi connectivity index (χ1n) is 6.13. The molecule has 1 saturated heterocycles. The average molecular weight is 280 g/mol. The molecule has 1 aliphatic heterocycles. The number of carbonyl (C=O) groups is 2. The monoisotopic (exact) mass is 280 g/mol. The number of nitrogens with one attached hydrogen (secondary N) is 2. The number of ether oxygens (including phenoxy) is 1. The first kappa shape index (κ1) is 14.1. The quantitative estimate of drug-likeness (QED) is 0.669. The molecule has 0 aromatic heterocycles. The lowest BCUT2D eigenvalue weighted by Gasteiger charge is -2.23. The van der Waals surface area contributed by atoms with Gasteiger partial charge in [-0.05, 0) is 25.5 Å². The standard InChI is InChI=1S/C13H16N2O5/c1-13(4-5-20-7-13)15-12(19)14-8-2-3-9(11(17)18)10(16)6-8/h2-3,6,16H,4-5,7H2,1H3,(H,17,18)(H2,14,15,19). The molecule has 1 aromatic rings. The van der Waals surface area contributed by atoms with E-state index in [2.05, 4.69) is 10.6 Å². The number of carboxylic acids is 1. The summed E-state index contributed by atoms with van der Waals surface area (Å²) in [4.78, 5) is 22.6. The molecule has 7 nitrogen and oxygen atoms in total. The molecule has 20 heavy (non-hydrogen) atoms. The average Bonchev–Trinajstić information content (AvgIpc) is 2.74. The van der Waals surface area contributed by atoms with Gasteiger partial charge in [0.25, 0.3) is 0 Å². The highest BCUT2D eigenvalue weighted by atomic mass is 16.5. The number of hydrogen-bond acceptors (Lipinski definition) is 4. The van der Waals surface area contributed by atoms with Crippen molar-refractivity contribution in [2.24, 2.45) is 0 Å². The fraction of sp³-hybridized carbons (Fsp3) is 0.385. The number of amides is 2. The molecule has 1 heterocycles. The third-order valence-electron chi connectivity index (χ3n) is 3.12. The Morgan fingerprint density at radius 1 is 1.40 bits per heavy atom. The number of aromatic carboxylic acids is 1. The fourth-order valence-electron chi connectivity index (χ4n) is 1.99. The highest BCUT2D eigenvalue weighted by molar-refractivity contribution is 5.94. The van der Waals surface area contributed by atoms with Gasteiger partial charge in [-0.15, -0.1) is 0 Å². The largest absolute Gasteiger partial charge is 0.507 e. The molecule has 2 rings (SSSR count). The summed E-state index contributed by atoms with van der Waals surface area (Å²) in [5, 5.41) is 23.7. The van der Waals surface area contributed by atoms with Crippen molar-refractivity contribution in [3.63, 3.8) is 0 Å². The van der Waals surface area contributed by atoms with E-state index in [1.165, 1.54) is 18.2 Å². The van der Waals surface area contributed by atoms with Crippen LogP contribution < -0.4 is 10.6 Å². The Morgan fingerprint density at radius 2 is 2.15 bits per heavy atom. The first-order chi connectivity index (χ1) is 9.39. The van der Waals surface area contributed by atoms with Crippen LogP contribution in [0.3, 0.4) is 0 Å². The first-order valence-corrected chi connectivity index (χ1v) is 6.13. The van der Waals surface area contributed by atoms with Gasteiger partial charge >= 0.3 is 12.0 Å². The van der Waals surface area contributed by atoms with E-state index in [1.54, 1.807) is 0 Å². The molecule has 0 spiro atoms. The maximum Gasteiger partial charge on any atom is 0.339 e. The fourth-order valence-corrected chi connectivity index (χ4v) is 1.99. The summed E-state index contributed by atoms with van der Waals surface area (Å²) in [6, 6.07) is 3.40. The molecule has 0 bridgehead atoms. The van der Waals surface area contributed by atoms with Crippen molar-refractivity contribution >= 4 is 17.7 Å². The van der Waals surface area contributed by atoms with Crippen LogP contribution in [0.5, 0.6) is 5.75 Å². The molecular weight excluding hydrogens is 264 g/mol. The van der Waals surface area contributed by atoms with E-state index in [1.807, 2.05) is 6.92 Å². The summed E-state index contributed by atoms with van der Waals surface area (Å²) in [5.74, 6) is -1.63. The predicted octanol–water partition coefficient (Wildman–Crippen LogP) is 1.39. The summed E-state index contributed by atoms with van der Waals surface area (Å²) < 4.78 is 5.22. The number of aromatic hydroxyl groups is 1. The highest BCUT2D eigenvalue weighted by Gasteiger charge is 2.31. The zero-order valence-corrected chi connectivity index (χ0v) is 11.0. The maximum atomic E-state index is 11.8. The van der Waals surface area contributed by atoms with Crippen LogP contribution in [0.25, 0.3) is 0 Å². The number of anilines is 1. The topological polar surface area (TPSA) is 108 Å². The van der Waals surface area contributed by atoms with E-state index in [9.17, 15) is 14.7 Å². The summed E-state index contributed by atoms with van der Waals surface area (Å²) in [7, 11) is 0. The van der Waals surface area contributed by atoms with E-state index in [0.717, 1.165) is 6.42 Å². The molecule has 1 aromatic carbocycles. The summed E-state index contributed by atoms with van der Waals surface area (Å²) in [6.45, 7) is 2.93. The van der Waals surface area contributed by atoms with Crippen molar-refractivity contribution in [3.8, 4) is 5.75 Å². The molecule has 108 valence electrons. The molecule has 0 saturated carbocycles. The lowest BCUT2D eigenvalue weighted by molar-refractivity contribution is 0.0694. The second kappa shape index (κ2) is 5.38. The van der Waals surface area contributed by atoms with Crippen molar-refractivity contribution in [1.82, 2.24) is 5.32 Å². The molecule has 2 amide bonds. The zero-order chi connectivity index (χ0) is 14.8. The number of carbonyl (C=O) groups excluding carboxylic acids is 1. The minimum absolute atomic E-state index is 0.216. The Bertz CT molecular complexity index is 538. The number of benzene rings is 1. The number of rotatable bonds is 3. The maximum absolute atomic E-state index is 11.8. The van der Waals surface area contributed by atoms with Gasteiger partial charge < -0.3 is 25.6 Å². The van der Waals surface area contributed by atoms with Gasteiger partial charge in [-0.2, -0.15) is 0 Å². The molecule has 1 unspecified atom stereocenters. The van der Waals surface area contributed by atoms with Crippen molar-refractivity contribution in [3.05, 3.63) is 23.8 Å². The lowest BCUT2D eigenvalue weighted by Crippen LogP contribution is -2.48. The van der Waals surface area contributed by atoms with Gasteiger partial charge in [0.1, 0.15) is 11.3 Å². The van der Waals surface area contributed by atoms with Crippen molar-refractivity contribution in [2.45, 2.75) is 18.9 Å². The van der Waals surface area contributed by atoms with E-state index < -0.39 is 23.3 Å². The Kier molecular flexibility index (Phi) is 3.80. The highest BCUT2D eigenvalue weighted by Crippen LogP contribution is 2.22. The molecule has 7 heteroatoms. The van der Waals surface area contributed by atoms with E-state index in [0.29, 0.717) is 18.9 Å². The van der Waals surface area contributed by atoms with Crippen molar-refractivity contribution in [2.75, 3.05) is 18.5 Å². The molecule has 4 N–H and O–H groups in total. The molecule has 1 fully saturated rings. The number of urea groups is 1. The van der Waals surface area contributed by atoms with Crippen molar-refractivity contribution < 1.29 is 24.5 Å². The smallest absolute Gasteiger partial charge is 0.339 e. The predicted molar refractivity (Wildman–Crippen MR) is 71.1 cm³/mol. The van der Waals surface area contributed by atoms with Gasteiger partial charge in [0.05, 0.1) is 12.1 Å². The van der Waals surface area contributed by atoms with Crippen LogP contribution in [-0.2, 0) is 4.74 Å². The SMILES string of the molecule is CC1(NC(=O)Nc2ccc(C(=O)O)c(O)c2)CCOC1. The zero-order valence-electron chi connectivity index (χ0n) is 11.0. The Hall–Kier alpha value is -2.28. The van der Waals surface area contributed by atoms with Gasteiger partial charge in [-0.25, -0.2) is 9.59 Å². The van der Waals surface area contributed by atoms with Crippen LogP contribution in [-0.4, -0.2) is 41.0 Å². The summed E-state index contributed by atoms with van der Waals surface area (Å²) >= 11 is 0. The van der Waals surface area contributed by atoms with Gasteiger partial charge in [0.15, 0.2) is 0 Å². The van der Waals surface area contributed by atoms with Gasteiger partial charge in [0.2, 0.25) is 0 Å². The van der Waals surface area contributed by atoms with Crippen LogP contribution in [0.1, 0.15) is 23.7 Å². The van der Waals surface area contributed by atoms with E-state index >= 15 is 0 Å². The molecule has 1 aliphatic rings. The van der Waals surface area contributed by atoms with Crippen LogP contribution in [0.15, 0.2) is 18.2 Å². The Labute approximate surface area is 115 Å². The van der Waals surface area contributed by atoms with Gasteiger partial charge in [0, 0.05) is 18.4 Å². The van der Waals surface area contributed by atoms with Crippen LogP contribution >= 0.6 is 0 Å². The van der Waals surface area contributed by atoms with Gasteiger partial charge in [-0.1, -0.05) is 0 Å². The third kappa shape index (κ3) is 3.18. The Balaban J connectivity index is 2.01. The number of phenols is 1. The number of carboxylic acid groups (broad SMARTS) is 1. The van der Waals surface area contributed by atoms with Crippen LogP contribution in [0.2, 0.25) is 0 Å². The molecule has 1 atom stereocenters. The Morgan fingerprint density at radius 3 is 2.70 bits per heavy atom. The summed E-state index contributed by atoms with van der Waals surface area (Å²) in [6.07, 6.45) is 0.726. The van der Waals surface area contributed by atoms with E-state index in [-0.39, 0.29) is 5.56 Å². The normalized spacial score (nSPS) is 21.4. The minimum Gasteiger partial charge on any atom is -0.507 e. The lowest BCUT2D eigenvalue weighted by atomic mass is 10.0. The minimum atomic E-state index is -1.23. The molecule has 0 aliphatic carbocycles. The second-order valence-electron chi connectivity index (χ2n) is 4.98. The molecule has 0 radical (unpaired) electrons. The van der Waals surface area contributed by atoms with Gasteiger partial charge in [-0.3, -0.25) is 0 Å². The van der Waals surface area contributed by atoms with E-state index in [4.69, 9.17) is 9.84 Å². The van der Waals surface area contributed by atoms with Crippen molar-refractivity contribution in [1.29, 1.82) is 0 Å². The summed E-state index contributed by atoms with van der Waals surface area (Å²) in [5.41, 5.74) is -0.313. The molecular formula is C13H16N2O5.